The first-order valence-electron chi connectivity index (χ1n) is 10.2. The van der Waals surface area contributed by atoms with Crippen molar-refractivity contribution in [2.24, 2.45) is 0 Å². The third-order valence-electron chi connectivity index (χ3n) is 4.74. The molecular weight excluding hydrogens is 422 g/mol. The number of hydrogen-bond donors (Lipinski definition) is 1. The molecule has 4 rings (SSSR count). The molecule has 4 aromatic rings. The van der Waals surface area contributed by atoms with Gasteiger partial charge in [-0.2, -0.15) is 4.68 Å². The lowest BCUT2D eigenvalue weighted by Crippen LogP contribution is -2.22. The minimum Gasteiger partial charge on any atom is -0.489 e. The highest BCUT2D eigenvalue weighted by Gasteiger charge is 2.19. The van der Waals surface area contributed by atoms with Crippen LogP contribution >= 0.6 is 11.8 Å². The lowest BCUT2D eigenvalue weighted by atomic mass is 10.2. The highest BCUT2D eigenvalue weighted by atomic mass is 32.2. The molecule has 0 radical (unpaired) electrons. The van der Waals surface area contributed by atoms with Gasteiger partial charge in [0.15, 0.2) is 0 Å². The molecule has 0 aliphatic carbocycles. The summed E-state index contributed by atoms with van der Waals surface area (Å²) in [6, 6.07) is 25.2. The van der Waals surface area contributed by atoms with E-state index in [1.54, 1.807) is 4.68 Å². The molecule has 8 heteroatoms. The third-order valence-corrected chi connectivity index (χ3v) is 5.77. The number of carbonyl (C=O) groups excluding carboxylic acids is 1. The van der Waals surface area contributed by atoms with Crippen LogP contribution < -0.4 is 10.1 Å². The molecule has 7 nitrogen and oxygen atoms in total. The summed E-state index contributed by atoms with van der Waals surface area (Å²) in [5.41, 5.74) is 3.80. The number of anilines is 1. The van der Waals surface area contributed by atoms with Gasteiger partial charge >= 0.3 is 0 Å². The largest absolute Gasteiger partial charge is 0.489 e. The Morgan fingerprint density at radius 1 is 1.03 bits per heavy atom. The SMILES string of the molecule is Cc1ccc(-n2nnnc2SC(C)C(=O)Nc2ccc(OCc3ccccc3)cc2)cc1. The second-order valence-corrected chi connectivity index (χ2v) is 8.56. The van der Waals surface area contributed by atoms with Crippen LogP contribution in [0.25, 0.3) is 5.69 Å². The van der Waals surface area contributed by atoms with Crippen LogP contribution in [0.2, 0.25) is 0 Å². The van der Waals surface area contributed by atoms with Gasteiger partial charge in [-0.25, -0.2) is 0 Å². The van der Waals surface area contributed by atoms with E-state index in [1.807, 2.05) is 92.7 Å². The van der Waals surface area contributed by atoms with E-state index >= 15 is 0 Å². The van der Waals surface area contributed by atoms with Crippen molar-refractivity contribution in [3.8, 4) is 11.4 Å². The van der Waals surface area contributed by atoms with Crippen LogP contribution in [0.5, 0.6) is 5.75 Å². The van der Waals surface area contributed by atoms with Gasteiger partial charge in [-0.15, -0.1) is 5.10 Å². The monoisotopic (exact) mass is 445 g/mol. The topological polar surface area (TPSA) is 81.9 Å². The number of carbonyl (C=O) groups is 1. The molecule has 3 aromatic carbocycles. The third kappa shape index (κ3) is 5.53. The first kappa shape index (κ1) is 21.6. The fourth-order valence-electron chi connectivity index (χ4n) is 2.93. The molecule has 0 aliphatic heterocycles. The second-order valence-electron chi connectivity index (χ2n) is 7.26. The minimum atomic E-state index is -0.390. The maximum absolute atomic E-state index is 12.7. The molecule has 1 atom stereocenters. The quantitative estimate of drug-likeness (QED) is 0.397. The highest BCUT2D eigenvalue weighted by molar-refractivity contribution is 8.00. The van der Waals surface area contributed by atoms with E-state index in [2.05, 4.69) is 20.8 Å². The summed E-state index contributed by atoms with van der Waals surface area (Å²) >= 11 is 1.30. The standard InChI is InChI=1S/C24H23N5O2S/c1-17-8-12-21(13-9-17)29-24(26-27-28-29)32-18(2)23(30)25-20-10-14-22(15-11-20)31-16-19-6-4-3-5-7-19/h3-15,18H,16H2,1-2H3,(H,25,30). The van der Waals surface area contributed by atoms with E-state index in [0.717, 1.165) is 22.6 Å². The Morgan fingerprint density at radius 3 is 2.47 bits per heavy atom. The van der Waals surface area contributed by atoms with Crippen molar-refractivity contribution in [3.05, 3.63) is 90.0 Å². The fourth-order valence-corrected chi connectivity index (χ4v) is 3.74. The molecule has 1 amide bonds. The summed E-state index contributed by atoms with van der Waals surface area (Å²) in [6.45, 7) is 4.34. The summed E-state index contributed by atoms with van der Waals surface area (Å²) in [7, 11) is 0. The van der Waals surface area contributed by atoms with Crippen molar-refractivity contribution in [3.63, 3.8) is 0 Å². The normalized spacial score (nSPS) is 11.7. The summed E-state index contributed by atoms with van der Waals surface area (Å²) in [6.07, 6.45) is 0. The molecule has 0 spiro atoms. The average molecular weight is 446 g/mol. The molecule has 1 aromatic heterocycles. The van der Waals surface area contributed by atoms with Gasteiger partial charge in [0.2, 0.25) is 11.1 Å². The molecule has 1 N–H and O–H groups in total. The van der Waals surface area contributed by atoms with E-state index in [9.17, 15) is 4.79 Å². The number of aryl methyl sites for hydroxylation is 1. The zero-order chi connectivity index (χ0) is 22.3. The van der Waals surface area contributed by atoms with Gasteiger partial charge in [-0.05, 0) is 66.2 Å². The Morgan fingerprint density at radius 2 is 1.75 bits per heavy atom. The van der Waals surface area contributed by atoms with Gasteiger partial charge in [0, 0.05) is 5.69 Å². The van der Waals surface area contributed by atoms with E-state index in [4.69, 9.17) is 4.74 Å². The Kier molecular flexibility index (Phi) is 6.81. The van der Waals surface area contributed by atoms with Crippen molar-refractivity contribution in [2.75, 3.05) is 5.32 Å². The number of benzene rings is 3. The number of tetrazole rings is 1. The van der Waals surface area contributed by atoms with Gasteiger partial charge in [-0.1, -0.05) is 59.8 Å². The molecule has 1 heterocycles. The molecule has 0 fully saturated rings. The first-order chi connectivity index (χ1) is 15.6. The number of rotatable bonds is 8. The number of nitrogens with one attached hydrogen (secondary N) is 1. The molecule has 32 heavy (non-hydrogen) atoms. The van der Waals surface area contributed by atoms with Crippen LogP contribution in [0.4, 0.5) is 5.69 Å². The van der Waals surface area contributed by atoms with Crippen LogP contribution in [0.3, 0.4) is 0 Å². The van der Waals surface area contributed by atoms with Crippen molar-refractivity contribution in [1.82, 2.24) is 20.2 Å². The highest BCUT2D eigenvalue weighted by Crippen LogP contribution is 2.24. The van der Waals surface area contributed by atoms with Crippen LogP contribution in [0, 0.1) is 6.92 Å². The van der Waals surface area contributed by atoms with E-state index in [0.29, 0.717) is 17.5 Å². The van der Waals surface area contributed by atoms with Gasteiger partial charge in [0.1, 0.15) is 12.4 Å². The minimum absolute atomic E-state index is 0.133. The van der Waals surface area contributed by atoms with Crippen LogP contribution in [-0.4, -0.2) is 31.4 Å². The predicted molar refractivity (Wildman–Crippen MR) is 125 cm³/mol. The Bertz CT molecular complexity index is 1160. The number of ether oxygens (including phenoxy) is 1. The molecular formula is C24H23N5O2S. The lowest BCUT2D eigenvalue weighted by Gasteiger charge is -2.12. The van der Waals surface area contributed by atoms with Crippen LogP contribution in [-0.2, 0) is 11.4 Å². The smallest absolute Gasteiger partial charge is 0.237 e. The zero-order valence-corrected chi connectivity index (χ0v) is 18.6. The lowest BCUT2D eigenvalue weighted by molar-refractivity contribution is -0.115. The van der Waals surface area contributed by atoms with E-state index in [1.165, 1.54) is 11.8 Å². The Labute approximate surface area is 190 Å². The molecule has 1 unspecified atom stereocenters. The first-order valence-corrected chi connectivity index (χ1v) is 11.1. The summed E-state index contributed by atoms with van der Waals surface area (Å²) in [5, 5.41) is 15.0. The summed E-state index contributed by atoms with van der Waals surface area (Å²) in [5.74, 6) is 0.609. The summed E-state index contributed by atoms with van der Waals surface area (Å²) in [4.78, 5) is 12.7. The maximum atomic E-state index is 12.7. The second kappa shape index (κ2) is 10.1. The Balaban J connectivity index is 1.33. The van der Waals surface area contributed by atoms with E-state index in [-0.39, 0.29) is 11.2 Å². The molecule has 0 bridgehead atoms. The molecule has 0 aliphatic rings. The van der Waals surface area contributed by atoms with Crippen molar-refractivity contribution >= 4 is 23.4 Å². The van der Waals surface area contributed by atoms with Crippen molar-refractivity contribution in [1.29, 1.82) is 0 Å². The average Bonchev–Trinajstić information content (AvgIpc) is 3.28. The Hall–Kier alpha value is -3.65. The number of amides is 1. The number of thioether (sulfide) groups is 1. The number of nitrogens with zero attached hydrogens (tertiary/aromatic N) is 4. The van der Waals surface area contributed by atoms with Gasteiger partial charge in [0.05, 0.1) is 10.9 Å². The van der Waals surface area contributed by atoms with Crippen molar-refractivity contribution < 1.29 is 9.53 Å². The van der Waals surface area contributed by atoms with E-state index < -0.39 is 0 Å². The van der Waals surface area contributed by atoms with Crippen LogP contribution in [0.1, 0.15) is 18.1 Å². The van der Waals surface area contributed by atoms with Gasteiger partial charge < -0.3 is 10.1 Å². The fraction of sp³-hybridized carbons (Fsp3) is 0.167. The van der Waals surface area contributed by atoms with Gasteiger partial charge in [0.25, 0.3) is 0 Å². The van der Waals surface area contributed by atoms with Crippen molar-refractivity contribution in [2.45, 2.75) is 30.9 Å². The molecule has 162 valence electrons. The number of hydrogen-bond acceptors (Lipinski definition) is 6. The molecule has 0 saturated carbocycles. The molecule has 0 saturated heterocycles. The van der Waals surface area contributed by atoms with Gasteiger partial charge in [-0.3, -0.25) is 4.79 Å². The zero-order valence-electron chi connectivity index (χ0n) is 17.8. The summed E-state index contributed by atoms with van der Waals surface area (Å²) < 4.78 is 7.42. The number of aromatic nitrogens is 4. The predicted octanol–water partition coefficient (Wildman–Crippen LogP) is 4.67. The maximum Gasteiger partial charge on any atom is 0.237 e. The van der Waals surface area contributed by atoms with Crippen LogP contribution in [0.15, 0.2) is 84.0 Å².